The molecule has 1 aromatic rings. The minimum Gasteiger partial charge on any atom is -0.465 e. The quantitative estimate of drug-likeness (QED) is 0.847. The van der Waals surface area contributed by atoms with E-state index in [2.05, 4.69) is 0 Å². The summed E-state index contributed by atoms with van der Waals surface area (Å²) < 4.78 is 4.84. The second-order valence-corrected chi connectivity index (χ2v) is 6.17. The number of nitrogens with zero attached hydrogens (tertiary/aromatic N) is 1. The largest absolute Gasteiger partial charge is 0.465 e. The second-order valence-electron chi connectivity index (χ2n) is 4.97. The van der Waals surface area contributed by atoms with Gasteiger partial charge < -0.3 is 15.4 Å². The molecule has 0 radical (unpaired) electrons. The molecule has 6 nitrogen and oxygen atoms in total. The van der Waals surface area contributed by atoms with Crippen molar-refractivity contribution in [2.45, 2.75) is 26.7 Å². The maximum Gasteiger partial charge on any atom is 0.341 e. The third kappa shape index (κ3) is 2.65. The van der Waals surface area contributed by atoms with Gasteiger partial charge in [-0.3, -0.25) is 9.59 Å². The Kier molecular flexibility index (Phi) is 4.32. The maximum absolute atomic E-state index is 12.1. The SMILES string of the molecule is CCc1c(C)sc(N2CC(C(N)=O)CC2=O)c1C(=O)OC. The highest BCUT2D eigenvalue weighted by molar-refractivity contribution is 7.17. The summed E-state index contributed by atoms with van der Waals surface area (Å²) in [4.78, 5) is 37.9. The van der Waals surface area contributed by atoms with Crippen molar-refractivity contribution < 1.29 is 19.1 Å². The minimum absolute atomic E-state index is 0.0916. The van der Waals surface area contributed by atoms with Crippen LogP contribution < -0.4 is 10.6 Å². The molecule has 0 aliphatic carbocycles. The van der Waals surface area contributed by atoms with Gasteiger partial charge in [-0.2, -0.15) is 0 Å². The topological polar surface area (TPSA) is 89.7 Å². The summed E-state index contributed by atoms with van der Waals surface area (Å²) in [6.45, 7) is 4.08. The number of methoxy groups -OCH3 is 1. The van der Waals surface area contributed by atoms with E-state index < -0.39 is 17.8 Å². The Bertz CT molecular complexity index is 608. The zero-order chi connectivity index (χ0) is 15.7. The number of thiophene rings is 1. The average molecular weight is 310 g/mol. The van der Waals surface area contributed by atoms with Crippen LogP contribution in [0.2, 0.25) is 0 Å². The Balaban J connectivity index is 2.47. The molecule has 1 aromatic heterocycles. The first-order valence-corrected chi connectivity index (χ1v) is 7.52. The first-order valence-electron chi connectivity index (χ1n) is 6.70. The molecule has 1 saturated heterocycles. The van der Waals surface area contributed by atoms with E-state index in [4.69, 9.17) is 10.5 Å². The van der Waals surface area contributed by atoms with Gasteiger partial charge in [0.05, 0.1) is 18.6 Å². The third-order valence-electron chi connectivity index (χ3n) is 3.71. The van der Waals surface area contributed by atoms with E-state index in [0.29, 0.717) is 17.0 Å². The van der Waals surface area contributed by atoms with Crippen LogP contribution in [0.25, 0.3) is 0 Å². The molecule has 2 heterocycles. The van der Waals surface area contributed by atoms with Gasteiger partial charge in [-0.1, -0.05) is 6.92 Å². The van der Waals surface area contributed by atoms with E-state index in [1.54, 1.807) is 0 Å². The number of carbonyl (C=O) groups is 3. The van der Waals surface area contributed by atoms with Crippen molar-refractivity contribution in [2.75, 3.05) is 18.6 Å². The number of carbonyl (C=O) groups excluding carboxylic acids is 3. The number of aryl methyl sites for hydroxylation is 1. The van der Waals surface area contributed by atoms with Crippen LogP contribution in [-0.2, 0) is 20.7 Å². The monoisotopic (exact) mass is 310 g/mol. The van der Waals surface area contributed by atoms with Crippen molar-refractivity contribution in [1.29, 1.82) is 0 Å². The van der Waals surface area contributed by atoms with Gasteiger partial charge in [0.2, 0.25) is 11.8 Å². The highest BCUT2D eigenvalue weighted by atomic mass is 32.1. The maximum atomic E-state index is 12.1. The van der Waals surface area contributed by atoms with Gasteiger partial charge in [0.25, 0.3) is 0 Å². The molecule has 0 bridgehead atoms. The van der Waals surface area contributed by atoms with Gasteiger partial charge in [0.1, 0.15) is 5.00 Å². The lowest BCUT2D eigenvalue weighted by Gasteiger charge is -2.16. The molecule has 1 aliphatic heterocycles. The van der Waals surface area contributed by atoms with Crippen molar-refractivity contribution in [1.82, 2.24) is 0 Å². The number of ether oxygens (including phenoxy) is 1. The van der Waals surface area contributed by atoms with Crippen LogP contribution in [0.15, 0.2) is 0 Å². The predicted molar refractivity (Wildman–Crippen MR) is 79.4 cm³/mol. The summed E-state index contributed by atoms with van der Waals surface area (Å²) in [6.07, 6.45) is 0.766. The van der Waals surface area contributed by atoms with E-state index in [9.17, 15) is 14.4 Å². The molecule has 0 aromatic carbocycles. The lowest BCUT2D eigenvalue weighted by molar-refractivity contribution is -0.123. The lowest BCUT2D eigenvalue weighted by atomic mass is 10.1. The van der Waals surface area contributed by atoms with Crippen LogP contribution >= 0.6 is 11.3 Å². The summed E-state index contributed by atoms with van der Waals surface area (Å²) in [5.41, 5.74) is 6.60. The molecular weight excluding hydrogens is 292 g/mol. The third-order valence-corrected chi connectivity index (χ3v) is 4.88. The van der Waals surface area contributed by atoms with Crippen LogP contribution in [-0.4, -0.2) is 31.4 Å². The van der Waals surface area contributed by atoms with Gasteiger partial charge in [-0.05, 0) is 18.9 Å². The van der Waals surface area contributed by atoms with Crippen LogP contribution in [0.5, 0.6) is 0 Å². The van der Waals surface area contributed by atoms with Gasteiger partial charge in [0.15, 0.2) is 0 Å². The summed E-state index contributed by atoms with van der Waals surface area (Å²) >= 11 is 1.38. The zero-order valence-electron chi connectivity index (χ0n) is 12.3. The lowest BCUT2D eigenvalue weighted by Crippen LogP contribution is -2.29. The molecule has 0 spiro atoms. The van der Waals surface area contributed by atoms with Crippen LogP contribution in [0.3, 0.4) is 0 Å². The Labute approximate surface area is 126 Å². The first-order chi connectivity index (χ1) is 9.90. The Morgan fingerprint density at radius 3 is 2.62 bits per heavy atom. The smallest absolute Gasteiger partial charge is 0.341 e. The fraction of sp³-hybridized carbons (Fsp3) is 0.500. The molecule has 7 heteroatoms. The predicted octanol–water partition coefficient (Wildman–Crippen LogP) is 1.24. The molecule has 2 rings (SSSR count). The second kappa shape index (κ2) is 5.85. The van der Waals surface area contributed by atoms with Gasteiger partial charge in [-0.25, -0.2) is 4.79 Å². The van der Waals surface area contributed by atoms with E-state index in [1.165, 1.54) is 23.3 Å². The van der Waals surface area contributed by atoms with Crippen LogP contribution in [0.4, 0.5) is 5.00 Å². The summed E-state index contributed by atoms with van der Waals surface area (Å²) in [5.74, 6) is -1.64. The molecular formula is C14H18N2O4S. The molecule has 21 heavy (non-hydrogen) atoms. The number of nitrogens with two attached hydrogens (primary N) is 1. The molecule has 1 aliphatic rings. The normalized spacial score (nSPS) is 18.1. The van der Waals surface area contributed by atoms with Crippen molar-refractivity contribution in [3.8, 4) is 0 Å². The molecule has 1 fully saturated rings. The molecule has 2 N–H and O–H groups in total. The molecule has 0 saturated carbocycles. The number of rotatable bonds is 4. The van der Waals surface area contributed by atoms with E-state index >= 15 is 0 Å². The number of hydrogen-bond donors (Lipinski definition) is 1. The van der Waals surface area contributed by atoms with E-state index in [0.717, 1.165) is 10.4 Å². The first kappa shape index (κ1) is 15.5. The van der Waals surface area contributed by atoms with Crippen LogP contribution in [0, 0.1) is 12.8 Å². The number of anilines is 1. The Morgan fingerprint density at radius 1 is 1.48 bits per heavy atom. The minimum atomic E-state index is -0.504. The van der Waals surface area contributed by atoms with Crippen molar-refractivity contribution in [3.63, 3.8) is 0 Å². The fourth-order valence-electron chi connectivity index (χ4n) is 2.59. The molecule has 2 amide bonds. The highest BCUT2D eigenvalue weighted by Crippen LogP contribution is 2.39. The summed E-state index contributed by atoms with van der Waals surface area (Å²) in [5, 5.41) is 0.560. The van der Waals surface area contributed by atoms with E-state index in [-0.39, 0.29) is 18.9 Å². The van der Waals surface area contributed by atoms with Gasteiger partial charge in [-0.15, -0.1) is 11.3 Å². The highest BCUT2D eigenvalue weighted by Gasteiger charge is 2.37. The zero-order valence-corrected chi connectivity index (χ0v) is 13.1. The van der Waals surface area contributed by atoms with E-state index in [1.807, 2.05) is 13.8 Å². The fourth-order valence-corrected chi connectivity index (χ4v) is 3.84. The number of esters is 1. The average Bonchev–Trinajstić information content (AvgIpc) is 2.98. The van der Waals surface area contributed by atoms with Crippen molar-refractivity contribution in [2.24, 2.45) is 11.7 Å². The van der Waals surface area contributed by atoms with Crippen LogP contribution in [0.1, 0.15) is 34.1 Å². The standard InChI is InChI=1S/C14H18N2O4S/c1-4-9-7(2)21-13(11(9)14(19)20-3)16-6-8(12(15)18)5-10(16)17/h8H,4-6H2,1-3H3,(H2,15,18). The summed E-state index contributed by atoms with van der Waals surface area (Å²) in [7, 11) is 1.32. The Morgan fingerprint density at radius 2 is 2.14 bits per heavy atom. The molecule has 1 atom stereocenters. The molecule has 114 valence electrons. The molecule has 1 unspecified atom stereocenters. The number of primary amides is 1. The van der Waals surface area contributed by atoms with Gasteiger partial charge >= 0.3 is 5.97 Å². The Hall–Kier alpha value is -1.89. The number of amides is 2. The van der Waals surface area contributed by atoms with Crippen molar-refractivity contribution in [3.05, 3.63) is 16.0 Å². The van der Waals surface area contributed by atoms with Gasteiger partial charge in [0, 0.05) is 17.8 Å². The van der Waals surface area contributed by atoms with Crippen molar-refractivity contribution >= 4 is 34.1 Å². The number of hydrogen-bond acceptors (Lipinski definition) is 5. The summed E-state index contributed by atoms with van der Waals surface area (Å²) in [6, 6.07) is 0.